The van der Waals surface area contributed by atoms with E-state index >= 15 is 0 Å². The third-order valence-electron chi connectivity index (χ3n) is 2.76. The van der Waals surface area contributed by atoms with Crippen molar-refractivity contribution in [2.75, 3.05) is 20.1 Å². The maximum atomic E-state index is 12.0. The minimum Gasteiger partial charge on any atom is -0.481 e. The van der Waals surface area contributed by atoms with Gasteiger partial charge in [-0.25, -0.2) is 0 Å². The van der Waals surface area contributed by atoms with Crippen LogP contribution in [0.5, 0.6) is 5.75 Å². The molecule has 0 aromatic heterocycles. The van der Waals surface area contributed by atoms with Gasteiger partial charge in [0.1, 0.15) is 5.75 Å². The van der Waals surface area contributed by atoms with E-state index in [1.807, 2.05) is 0 Å². The number of halogens is 2. The second-order valence-electron chi connectivity index (χ2n) is 4.68. The van der Waals surface area contributed by atoms with Crippen molar-refractivity contribution < 1.29 is 28.2 Å². The number of amides is 1. The van der Waals surface area contributed by atoms with Crippen molar-refractivity contribution in [3.05, 3.63) is 29.8 Å². The fraction of sp³-hybridized carbons (Fsp3) is 0.429. The van der Waals surface area contributed by atoms with Gasteiger partial charge in [0.15, 0.2) is 0 Å². The minimum atomic E-state index is -2.87. The average molecular weight is 316 g/mol. The highest BCUT2D eigenvalue weighted by Gasteiger charge is 2.08. The maximum absolute atomic E-state index is 12.0. The molecule has 0 atom stereocenters. The topological polar surface area (TPSA) is 78.9 Å². The summed E-state index contributed by atoms with van der Waals surface area (Å²) in [6.45, 7) is -2.25. The smallest absolute Gasteiger partial charge is 0.387 e. The van der Waals surface area contributed by atoms with E-state index < -0.39 is 12.6 Å². The summed E-state index contributed by atoms with van der Waals surface area (Å²) < 4.78 is 28.2. The number of hydrogen-bond donors (Lipinski definition) is 2. The van der Waals surface area contributed by atoms with Gasteiger partial charge >= 0.3 is 12.6 Å². The van der Waals surface area contributed by atoms with Crippen molar-refractivity contribution in [3.8, 4) is 5.75 Å². The fourth-order valence-corrected chi connectivity index (χ4v) is 1.66. The van der Waals surface area contributed by atoms with E-state index in [9.17, 15) is 18.4 Å². The summed E-state index contributed by atoms with van der Waals surface area (Å²) in [5, 5.41) is 11.2. The largest absolute Gasteiger partial charge is 0.481 e. The zero-order valence-corrected chi connectivity index (χ0v) is 12.1. The number of ether oxygens (including phenoxy) is 1. The van der Waals surface area contributed by atoms with Crippen molar-refractivity contribution in [1.82, 2.24) is 10.2 Å². The molecule has 0 aliphatic carbocycles. The number of nitrogens with zero attached hydrogens (tertiary/aromatic N) is 1. The molecule has 0 radical (unpaired) electrons. The Hall–Kier alpha value is -2.22. The van der Waals surface area contributed by atoms with Gasteiger partial charge in [0.2, 0.25) is 5.91 Å². The number of carbonyl (C=O) groups excluding carboxylic acids is 1. The van der Waals surface area contributed by atoms with Crippen LogP contribution in [0.2, 0.25) is 0 Å². The van der Waals surface area contributed by atoms with Crippen LogP contribution >= 0.6 is 0 Å². The van der Waals surface area contributed by atoms with Crippen LogP contribution in [-0.4, -0.2) is 48.6 Å². The van der Waals surface area contributed by atoms with Crippen LogP contribution in [0.1, 0.15) is 12.0 Å². The molecule has 0 bridgehead atoms. The molecule has 0 aliphatic rings. The van der Waals surface area contributed by atoms with Gasteiger partial charge < -0.3 is 15.2 Å². The first kappa shape index (κ1) is 17.8. The van der Waals surface area contributed by atoms with Gasteiger partial charge in [-0.2, -0.15) is 8.78 Å². The molecule has 1 rings (SSSR count). The third-order valence-corrected chi connectivity index (χ3v) is 2.76. The number of rotatable bonds is 9. The normalized spacial score (nSPS) is 10.8. The summed E-state index contributed by atoms with van der Waals surface area (Å²) in [5.74, 6) is -1.11. The molecule has 0 spiro atoms. The van der Waals surface area contributed by atoms with Gasteiger partial charge in [-0.3, -0.25) is 14.5 Å². The molecule has 0 heterocycles. The lowest BCUT2D eigenvalue weighted by molar-refractivity contribution is -0.137. The molecule has 1 amide bonds. The Kier molecular flexibility index (Phi) is 7.24. The van der Waals surface area contributed by atoms with Gasteiger partial charge in [0, 0.05) is 13.1 Å². The lowest BCUT2D eigenvalue weighted by Crippen LogP contribution is -2.35. The van der Waals surface area contributed by atoms with Crippen molar-refractivity contribution in [3.63, 3.8) is 0 Å². The van der Waals surface area contributed by atoms with Gasteiger partial charge in [0.05, 0.1) is 13.0 Å². The van der Waals surface area contributed by atoms with Gasteiger partial charge in [-0.05, 0) is 24.7 Å². The van der Waals surface area contributed by atoms with E-state index in [4.69, 9.17) is 5.11 Å². The third kappa shape index (κ3) is 7.53. The number of carboxylic acids is 1. The lowest BCUT2D eigenvalue weighted by Gasteiger charge is -2.15. The van der Waals surface area contributed by atoms with Gasteiger partial charge in [-0.15, -0.1) is 0 Å². The number of aliphatic carboxylic acids is 1. The van der Waals surface area contributed by atoms with Crippen LogP contribution in [0.25, 0.3) is 0 Å². The van der Waals surface area contributed by atoms with E-state index in [1.165, 1.54) is 12.1 Å². The van der Waals surface area contributed by atoms with Crippen LogP contribution in [0.3, 0.4) is 0 Å². The summed E-state index contributed by atoms with van der Waals surface area (Å²) in [6, 6.07) is 5.94. The van der Waals surface area contributed by atoms with Crippen molar-refractivity contribution >= 4 is 11.9 Å². The predicted molar refractivity (Wildman–Crippen MR) is 74.7 cm³/mol. The van der Waals surface area contributed by atoms with Crippen LogP contribution in [0.4, 0.5) is 8.78 Å². The number of benzene rings is 1. The summed E-state index contributed by atoms with van der Waals surface area (Å²) in [6.07, 6.45) is -0.0324. The Morgan fingerprint density at radius 3 is 2.50 bits per heavy atom. The molecule has 22 heavy (non-hydrogen) atoms. The highest BCUT2D eigenvalue weighted by Crippen LogP contribution is 2.14. The summed E-state index contributed by atoms with van der Waals surface area (Å²) in [5.41, 5.74) is 0.739. The maximum Gasteiger partial charge on any atom is 0.387 e. The van der Waals surface area contributed by atoms with Gasteiger partial charge in [-0.1, -0.05) is 12.1 Å². The Labute approximate surface area is 126 Å². The van der Waals surface area contributed by atoms with Crippen molar-refractivity contribution in [2.24, 2.45) is 0 Å². The molecule has 0 saturated carbocycles. The molecular formula is C14H18F2N2O4. The van der Waals surface area contributed by atoms with Crippen LogP contribution in [0, 0.1) is 0 Å². The number of likely N-dealkylation sites (N-methyl/N-ethyl adjacent to an activating group) is 1. The lowest BCUT2D eigenvalue weighted by atomic mass is 10.2. The molecular weight excluding hydrogens is 298 g/mol. The van der Waals surface area contributed by atoms with Crippen LogP contribution in [0.15, 0.2) is 24.3 Å². The molecule has 0 unspecified atom stereocenters. The molecule has 0 aliphatic heterocycles. The van der Waals surface area contributed by atoms with E-state index in [0.29, 0.717) is 0 Å². The molecule has 1 aromatic rings. The number of nitrogens with one attached hydrogen (secondary N) is 1. The number of hydrogen-bond acceptors (Lipinski definition) is 4. The second kappa shape index (κ2) is 8.93. The molecule has 2 N–H and O–H groups in total. The number of carbonyl (C=O) groups is 2. The zero-order chi connectivity index (χ0) is 16.5. The van der Waals surface area contributed by atoms with E-state index in [-0.39, 0.29) is 37.7 Å². The zero-order valence-electron chi connectivity index (χ0n) is 12.1. The number of alkyl halides is 2. The Morgan fingerprint density at radius 2 is 1.95 bits per heavy atom. The minimum absolute atomic E-state index is 0.0324. The SMILES string of the molecule is CN(CCC(=O)O)CC(=O)NCc1ccc(OC(F)F)cc1. The van der Waals surface area contributed by atoms with E-state index in [0.717, 1.165) is 5.56 Å². The molecule has 0 fully saturated rings. The van der Waals surface area contributed by atoms with E-state index in [1.54, 1.807) is 24.1 Å². The summed E-state index contributed by atoms with van der Waals surface area (Å²) in [7, 11) is 1.65. The standard InChI is InChI=1S/C14H18F2N2O4/c1-18(7-6-13(20)21)9-12(19)17-8-10-2-4-11(5-3-10)22-14(15)16/h2-5,14H,6-9H2,1H3,(H,17,19)(H,20,21). The Morgan fingerprint density at radius 1 is 1.32 bits per heavy atom. The van der Waals surface area contributed by atoms with Crippen LogP contribution < -0.4 is 10.1 Å². The second-order valence-corrected chi connectivity index (χ2v) is 4.68. The Bertz CT molecular complexity index is 494. The predicted octanol–water partition coefficient (Wildman–Crippen LogP) is 1.31. The van der Waals surface area contributed by atoms with Crippen molar-refractivity contribution in [2.45, 2.75) is 19.6 Å². The first-order valence-electron chi connectivity index (χ1n) is 6.57. The Balaban J connectivity index is 2.33. The molecule has 1 aromatic carbocycles. The quantitative estimate of drug-likeness (QED) is 0.718. The number of carboxylic acid groups (broad SMARTS) is 1. The molecule has 8 heteroatoms. The highest BCUT2D eigenvalue weighted by atomic mass is 19.3. The molecule has 6 nitrogen and oxygen atoms in total. The van der Waals surface area contributed by atoms with E-state index in [2.05, 4.69) is 10.1 Å². The van der Waals surface area contributed by atoms with Crippen molar-refractivity contribution in [1.29, 1.82) is 0 Å². The average Bonchev–Trinajstić information content (AvgIpc) is 2.44. The first-order valence-corrected chi connectivity index (χ1v) is 6.57. The summed E-state index contributed by atoms with van der Waals surface area (Å²) >= 11 is 0. The fourth-order valence-electron chi connectivity index (χ4n) is 1.66. The summed E-state index contributed by atoms with van der Waals surface area (Å²) in [4.78, 5) is 23.7. The monoisotopic (exact) mass is 316 g/mol. The van der Waals surface area contributed by atoms with Crippen LogP contribution in [-0.2, 0) is 16.1 Å². The van der Waals surface area contributed by atoms with Gasteiger partial charge in [0.25, 0.3) is 0 Å². The highest BCUT2D eigenvalue weighted by molar-refractivity contribution is 5.78. The molecule has 0 saturated heterocycles. The first-order chi connectivity index (χ1) is 10.4. The molecule has 122 valence electrons.